The number of nitrogens with zero attached hydrogens (tertiary/aromatic N) is 6. The van der Waals surface area contributed by atoms with Gasteiger partial charge < -0.3 is 34.4 Å². The van der Waals surface area contributed by atoms with Crippen LogP contribution in [0.4, 0.5) is 34.1 Å². The molecule has 6 heterocycles. The predicted molar refractivity (Wildman–Crippen MR) is 227 cm³/mol. The molecule has 0 saturated carbocycles. The Balaban J connectivity index is 0.000000354. The zero-order valence-corrected chi connectivity index (χ0v) is 45.6. The first kappa shape index (κ1) is 52.6. The summed E-state index contributed by atoms with van der Waals surface area (Å²) in [7, 11) is 40.2. The molecule has 284 valence electrons. The van der Waals surface area contributed by atoms with Crippen molar-refractivity contribution in [1.29, 1.82) is 0 Å². The Hall–Kier alpha value is 0.565. The van der Waals surface area contributed by atoms with Gasteiger partial charge in [-0.3, -0.25) is 29.9 Å². The number of hydrogen-bond donors (Lipinski definition) is 6. The fourth-order valence-corrected chi connectivity index (χ4v) is 3.52. The van der Waals surface area contributed by atoms with Crippen LogP contribution in [0.1, 0.15) is 0 Å². The molecule has 6 aromatic rings. The van der Waals surface area contributed by atoms with Gasteiger partial charge in [0.2, 0.25) is 0 Å². The summed E-state index contributed by atoms with van der Waals surface area (Å²) in [4.78, 5) is 24.9. The Labute approximate surface area is 396 Å². The SMILES string of the molecule is Nc1ccnc(-c2cc(N)ccn2)c1.Nc1ccnc(-c2cc(N)ccn2)c1.Nc1ccnc(-c2cc(N)ccn2)c1.[Cl][Os]([Cl])([Cl])([Cl])([Cl])[Cl].[Cl][Os][Cl].[K][K]. The molecular formula is C30H30Cl8K2N12Os2. The van der Waals surface area contributed by atoms with Crippen molar-refractivity contribution in [1.82, 2.24) is 29.9 Å². The standard InChI is InChI=1S/3C10H10N4.8ClH.2K.2Os/c3*11-7-1-3-13-9(5-7)10-6-8(12)2-4-14-10;;;;;;;;;;;;/h3*1-6H,(H2,11,13)(H2,12,14);8*1H;;;;/q;;;;;;;;;;;;;+2;+6/p-8. The first-order valence-electron chi connectivity index (χ1n) is 14.6. The fourth-order valence-electron chi connectivity index (χ4n) is 3.52. The van der Waals surface area contributed by atoms with Crippen molar-refractivity contribution >= 4 is 174 Å². The van der Waals surface area contributed by atoms with Crippen LogP contribution >= 0.6 is 77.1 Å². The monoisotopic (exact) mass is 1300 g/mol. The maximum atomic E-state index is 5.63. The molecule has 24 heteroatoms. The Bertz CT molecular complexity index is 1710. The van der Waals surface area contributed by atoms with Gasteiger partial charge >= 0.3 is 162 Å². The molecule has 54 heavy (non-hydrogen) atoms. The van der Waals surface area contributed by atoms with Gasteiger partial charge in [-0.1, -0.05) is 0 Å². The van der Waals surface area contributed by atoms with E-state index in [4.69, 9.17) is 112 Å². The number of rotatable bonds is 3. The molecule has 12 nitrogen and oxygen atoms in total. The van der Waals surface area contributed by atoms with Crippen LogP contribution in [0.15, 0.2) is 110 Å². The topological polar surface area (TPSA) is 233 Å². The van der Waals surface area contributed by atoms with Gasteiger partial charge in [0.15, 0.2) is 0 Å². The third kappa shape index (κ3) is 26.5. The minimum absolute atomic E-state index is 0.639. The van der Waals surface area contributed by atoms with Crippen molar-refractivity contribution in [2.75, 3.05) is 34.4 Å². The zero-order chi connectivity index (χ0) is 41.0. The van der Waals surface area contributed by atoms with E-state index < -0.39 is 22.0 Å². The van der Waals surface area contributed by atoms with E-state index in [1.54, 1.807) is 110 Å². The van der Waals surface area contributed by atoms with Crippen LogP contribution in [-0.4, -0.2) is 93.1 Å². The zero-order valence-electron chi connectivity index (χ0n) is 28.3. The summed E-state index contributed by atoms with van der Waals surface area (Å²) in [5.41, 5.74) is 42.2. The fraction of sp³-hybridized carbons (Fsp3) is 0. The summed E-state index contributed by atoms with van der Waals surface area (Å²) >= 11 is 1.86. The molecule has 0 unspecified atom stereocenters. The molecule has 0 spiro atoms. The number of nitrogen functional groups attached to an aromatic ring is 6. The van der Waals surface area contributed by atoms with Crippen LogP contribution in [0.5, 0.6) is 0 Å². The predicted octanol–water partition coefficient (Wildman–Crippen LogP) is 8.67. The third-order valence-corrected chi connectivity index (χ3v) is 5.49. The van der Waals surface area contributed by atoms with E-state index in [1.807, 2.05) is 0 Å². The summed E-state index contributed by atoms with van der Waals surface area (Å²) in [6, 6.07) is 21.0. The molecule has 0 aromatic carbocycles. The van der Waals surface area contributed by atoms with E-state index in [9.17, 15) is 0 Å². The minimum atomic E-state index is -5.38. The van der Waals surface area contributed by atoms with Crippen molar-refractivity contribution in [3.63, 3.8) is 0 Å². The van der Waals surface area contributed by atoms with Gasteiger partial charge in [0, 0.05) is 71.3 Å². The molecule has 0 bridgehead atoms. The molecule has 6 aromatic heterocycles. The van der Waals surface area contributed by atoms with E-state index >= 15 is 0 Å². The van der Waals surface area contributed by atoms with Crippen molar-refractivity contribution < 1.29 is 22.0 Å². The number of pyridine rings is 6. The molecule has 0 aliphatic carbocycles. The molecule has 0 amide bonds. The van der Waals surface area contributed by atoms with Gasteiger partial charge in [-0.15, -0.1) is 0 Å². The second-order valence-electron chi connectivity index (χ2n) is 9.65. The molecule has 0 aliphatic heterocycles. The van der Waals surface area contributed by atoms with E-state index in [1.165, 1.54) is 63.2 Å². The molecule has 0 aliphatic rings. The van der Waals surface area contributed by atoms with E-state index in [2.05, 4.69) is 29.9 Å². The van der Waals surface area contributed by atoms with E-state index in [0.29, 0.717) is 34.1 Å². The Kier molecular flexibility index (Phi) is 24.6. The van der Waals surface area contributed by atoms with Crippen molar-refractivity contribution in [2.24, 2.45) is 0 Å². The van der Waals surface area contributed by atoms with Gasteiger partial charge in [-0.05, 0) is 72.8 Å². The number of halogens is 8. The van der Waals surface area contributed by atoms with E-state index in [0.717, 1.165) is 34.2 Å². The van der Waals surface area contributed by atoms with Gasteiger partial charge in [0.1, 0.15) is 0 Å². The van der Waals surface area contributed by atoms with Crippen LogP contribution in [0.2, 0.25) is 0 Å². The summed E-state index contributed by atoms with van der Waals surface area (Å²) in [6.07, 6.45) is 9.89. The molecule has 0 saturated heterocycles. The van der Waals surface area contributed by atoms with Crippen LogP contribution in [0, 0.1) is 0 Å². The Morgan fingerprint density at radius 2 is 0.481 bits per heavy atom. The summed E-state index contributed by atoms with van der Waals surface area (Å²) in [6.45, 7) is -5.38. The molecule has 0 atom stereocenters. The third-order valence-electron chi connectivity index (χ3n) is 5.49. The van der Waals surface area contributed by atoms with E-state index in [-0.39, 0.29) is 0 Å². The van der Waals surface area contributed by atoms with Crippen molar-refractivity contribution in [2.45, 2.75) is 0 Å². The van der Waals surface area contributed by atoms with Gasteiger partial charge in [-0.2, -0.15) is 0 Å². The average molecular weight is 1300 g/mol. The molecular weight excluding hydrogens is 1270 g/mol. The number of anilines is 6. The van der Waals surface area contributed by atoms with Gasteiger partial charge in [-0.25, -0.2) is 0 Å². The summed E-state index contributed by atoms with van der Waals surface area (Å²) in [5, 5.41) is 0. The summed E-state index contributed by atoms with van der Waals surface area (Å²) in [5.74, 6) is 0. The second-order valence-corrected chi connectivity index (χ2v) is 68.4. The van der Waals surface area contributed by atoms with Gasteiger partial charge in [0.25, 0.3) is 0 Å². The van der Waals surface area contributed by atoms with Crippen LogP contribution in [0.3, 0.4) is 0 Å². The Morgan fingerprint density at radius 1 is 0.370 bits per heavy atom. The normalized spacial score (nSPS) is 11.3. The molecule has 12 N–H and O–H groups in total. The summed E-state index contributed by atoms with van der Waals surface area (Å²) < 4.78 is 0. The molecule has 0 fully saturated rings. The van der Waals surface area contributed by atoms with Crippen LogP contribution in [-0.2, 0) is 22.0 Å². The second kappa shape index (κ2) is 25.2. The van der Waals surface area contributed by atoms with Crippen LogP contribution in [0.25, 0.3) is 34.2 Å². The maximum absolute atomic E-state index is 5.63. The van der Waals surface area contributed by atoms with Crippen molar-refractivity contribution in [3.8, 4) is 34.2 Å². The molecule has 6 rings (SSSR count). The Morgan fingerprint density at radius 3 is 0.574 bits per heavy atom. The average Bonchev–Trinajstić information content (AvgIpc) is 3.09. The number of hydrogen-bond acceptors (Lipinski definition) is 12. The van der Waals surface area contributed by atoms with Gasteiger partial charge in [0.05, 0.1) is 34.2 Å². The quantitative estimate of drug-likeness (QED) is 0.0914. The first-order valence-corrected chi connectivity index (χ1v) is 55.8. The molecule has 0 radical (unpaired) electrons. The number of aromatic nitrogens is 6. The first-order chi connectivity index (χ1) is 25.1. The number of nitrogens with two attached hydrogens (primary N) is 6. The van der Waals surface area contributed by atoms with Crippen molar-refractivity contribution in [3.05, 3.63) is 110 Å². The van der Waals surface area contributed by atoms with Crippen LogP contribution < -0.4 is 34.4 Å².